The molecule has 3 aromatic rings. The van der Waals surface area contributed by atoms with Crippen molar-refractivity contribution in [3.05, 3.63) is 82.9 Å². The van der Waals surface area contributed by atoms with E-state index >= 15 is 4.39 Å². The molecule has 2 aliphatic heterocycles. The second-order valence-electron chi connectivity index (χ2n) is 9.56. The molecule has 2 atom stereocenters. The van der Waals surface area contributed by atoms with Crippen LogP contribution >= 0.6 is 0 Å². The van der Waals surface area contributed by atoms with Gasteiger partial charge >= 0.3 is 0 Å². The largest absolute Gasteiger partial charge is 0.384 e. The first kappa shape index (κ1) is 24.1. The van der Waals surface area contributed by atoms with Gasteiger partial charge in [-0.05, 0) is 72.5 Å². The Balaban J connectivity index is 1.57. The van der Waals surface area contributed by atoms with Crippen LogP contribution in [0.4, 0.5) is 8.78 Å². The lowest BCUT2D eigenvalue weighted by molar-refractivity contribution is 0.0650. The third-order valence-electron chi connectivity index (χ3n) is 7.36. The van der Waals surface area contributed by atoms with Crippen LogP contribution in [0.3, 0.4) is 0 Å². The monoisotopic (exact) mass is 487 g/mol. The van der Waals surface area contributed by atoms with E-state index in [0.29, 0.717) is 53.4 Å². The summed E-state index contributed by atoms with van der Waals surface area (Å²) in [5.41, 5.74) is 3.14. The van der Waals surface area contributed by atoms with Gasteiger partial charge in [0.2, 0.25) is 0 Å². The van der Waals surface area contributed by atoms with Crippen LogP contribution in [0.1, 0.15) is 27.9 Å². The highest BCUT2D eigenvalue weighted by Crippen LogP contribution is 2.37. The number of hydrogen-bond donors (Lipinski definition) is 0. The van der Waals surface area contributed by atoms with Gasteiger partial charge in [-0.25, -0.2) is 8.78 Å². The number of carbonyl (C=O) groups excluding carboxylic acids is 1. The van der Waals surface area contributed by atoms with Crippen molar-refractivity contribution in [1.29, 1.82) is 5.26 Å². The summed E-state index contributed by atoms with van der Waals surface area (Å²) in [6, 6.07) is 16.9. The van der Waals surface area contributed by atoms with E-state index in [0.717, 1.165) is 18.5 Å². The zero-order chi connectivity index (χ0) is 25.4. The number of benzene rings is 3. The molecule has 2 bridgehead atoms. The van der Waals surface area contributed by atoms with E-state index in [4.69, 9.17) is 10.00 Å². The summed E-state index contributed by atoms with van der Waals surface area (Å²) < 4.78 is 34.9. The molecule has 0 unspecified atom stereocenters. The van der Waals surface area contributed by atoms with Gasteiger partial charge in [-0.1, -0.05) is 24.3 Å². The molecule has 0 saturated carbocycles. The first-order valence-corrected chi connectivity index (χ1v) is 12.0. The highest BCUT2D eigenvalue weighted by Gasteiger charge is 2.43. The van der Waals surface area contributed by atoms with Gasteiger partial charge in [0.1, 0.15) is 17.7 Å². The first-order valence-electron chi connectivity index (χ1n) is 12.0. The van der Waals surface area contributed by atoms with Crippen molar-refractivity contribution in [1.82, 2.24) is 9.80 Å². The van der Waals surface area contributed by atoms with Crippen LogP contribution in [-0.2, 0) is 11.2 Å². The fraction of sp³-hybridized carbons (Fsp3) is 0.310. The Labute approximate surface area is 209 Å². The number of nitriles is 1. The topological polar surface area (TPSA) is 56.6 Å². The Morgan fingerprint density at radius 2 is 1.81 bits per heavy atom. The molecule has 0 aromatic heterocycles. The summed E-state index contributed by atoms with van der Waals surface area (Å²) in [4.78, 5) is 17.6. The third kappa shape index (κ3) is 4.39. The van der Waals surface area contributed by atoms with Crippen molar-refractivity contribution in [2.45, 2.75) is 24.9 Å². The van der Waals surface area contributed by atoms with Crippen molar-refractivity contribution in [2.75, 3.05) is 33.9 Å². The zero-order valence-electron chi connectivity index (χ0n) is 20.3. The normalized spacial score (nSPS) is 19.0. The number of halogens is 2. The fourth-order valence-electron chi connectivity index (χ4n) is 5.36. The van der Waals surface area contributed by atoms with Crippen LogP contribution in [0.2, 0.25) is 0 Å². The molecule has 3 aromatic carbocycles. The summed E-state index contributed by atoms with van der Waals surface area (Å²) in [6.45, 7) is 2.02. The summed E-state index contributed by atoms with van der Waals surface area (Å²) in [5, 5.41) is 9.14. The molecule has 2 fully saturated rings. The summed E-state index contributed by atoms with van der Waals surface area (Å²) >= 11 is 0. The molecule has 0 N–H and O–H groups in total. The van der Waals surface area contributed by atoms with E-state index in [1.54, 1.807) is 37.4 Å². The highest BCUT2D eigenvalue weighted by atomic mass is 19.1. The van der Waals surface area contributed by atoms with Crippen LogP contribution in [-0.4, -0.2) is 61.6 Å². The number of hydrogen-bond acceptors (Lipinski definition) is 4. The Morgan fingerprint density at radius 1 is 1.00 bits per heavy atom. The minimum absolute atomic E-state index is 0.0709. The Morgan fingerprint density at radius 3 is 2.44 bits per heavy atom. The minimum atomic E-state index is -0.659. The second-order valence-corrected chi connectivity index (χ2v) is 9.56. The molecule has 1 amide bonds. The lowest BCUT2D eigenvalue weighted by Gasteiger charge is -2.32. The van der Waals surface area contributed by atoms with Crippen molar-refractivity contribution >= 4 is 5.91 Å². The predicted molar refractivity (Wildman–Crippen MR) is 133 cm³/mol. The SMILES string of the molecule is COCCc1ccc(-c2ccc(C(=O)N3C[C@@H]4C[C@H]3CN4C)cc2-c2ccc(C#N)c(F)c2)c(F)c1. The molecule has 0 radical (unpaired) electrons. The quantitative estimate of drug-likeness (QED) is 0.497. The van der Waals surface area contributed by atoms with E-state index in [9.17, 15) is 9.18 Å². The van der Waals surface area contributed by atoms with Crippen molar-refractivity contribution < 1.29 is 18.3 Å². The number of nitrogens with zero attached hydrogens (tertiary/aromatic N) is 3. The maximum Gasteiger partial charge on any atom is 0.254 e. The molecule has 5 nitrogen and oxygen atoms in total. The van der Waals surface area contributed by atoms with Crippen LogP contribution in [0.25, 0.3) is 22.3 Å². The van der Waals surface area contributed by atoms with Crippen LogP contribution in [0, 0.1) is 23.0 Å². The molecule has 184 valence electrons. The van der Waals surface area contributed by atoms with Gasteiger partial charge in [-0.15, -0.1) is 0 Å². The molecular weight excluding hydrogens is 460 g/mol. The van der Waals surface area contributed by atoms with Gasteiger partial charge in [-0.3, -0.25) is 9.69 Å². The number of ether oxygens (including phenoxy) is 1. The average Bonchev–Trinajstić information content (AvgIpc) is 3.46. The first-order chi connectivity index (χ1) is 17.4. The molecule has 0 aliphatic carbocycles. The number of likely N-dealkylation sites (tertiary alicyclic amines) is 2. The molecule has 36 heavy (non-hydrogen) atoms. The van der Waals surface area contributed by atoms with Crippen LogP contribution in [0.5, 0.6) is 0 Å². The highest BCUT2D eigenvalue weighted by molar-refractivity contribution is 5.98. The average molecular weight is 488 g/mol. The van der Waals surface area contributed by atoms with Gasteiger partial charge in [0.25, 0.3) is 5.91 Å². The van der Waals surface area contributed by atoms with Crippen LogP contribution < -0.4 is 0 Å². The standard InChI is InChI=1S/C29H27F2N3O2/c1-33-16-23-14-22(33)17-34(23)29(35)20-6-8-24(25-7-3-18(9-10-36-2)11-28(25)31)26(12-20)19-4-5-21(15-32)27(30)13-19/h3-8,11-13,22-23H,9-10,14,16-17H2,1-2H3/t22-,23-/m0/s1. The van der Waals surface area contributed by atoms with Crippen molar-refractivity contribution in [3.8, 4) is 28.3 Å². The van der Waals surface area contributed by atoms with Gasteiger partial charge in [-0.2, -0.15) is 5.26 Å². The number of fused-ring (bicyclic) bond motifs is 2. The molecular formula is C29H27F2N3O2. The van der Waals surface area contributed by atoms with E-state index in [2.05, 4.69) is 11.9 Å². The Bertz CT molecular complexity index is 1370. The van der Waals surface area contributed by atoms with E-state index < -0.39 is 11.6 Å². The number of rotatable bonds is 6. The van der Waals surface area contributed by atoms with Crippen molar-refractivity contribution in [2.24, 2.45) is 0 Å². The second kappa shape index (κ2) is 9.81. The smallest absolute Gasteiger partial charge is 0.254 e. The van der Waals surface area contributed by atoms with Gasteiger partial charge < -0.3 is 9.64 Å². The number of likely N-dealkylation sites (N-methyl/N-ethyl adjacent to an activating group) is 1. The zero-order valence-corrected chi connectivity index (χ0v) is 20.3. The van der Waals surface area contributed by atoms with Gasteiger partial charge in [0.15, 0.2) is 0 Å². The molecule has 7 heteroatoms. The predicted octanol–water partition coefficient (Wildman–Crippen LogP) is 4.89. The summed E-state index contributed by atoms with van der Waals surface area (Å²) in [6.07, 6.45) is 1.55. The van der Waals surface area contributed by atoms with E-state index in [1.165, 1.54) is 18.2 Å². The lowest BCUT2D eigenvalue weighted by atomic mass is 9.91. The fourth-order valence-corrected chi connectivity index (χ4v) is 5.36. The third-order valence-corrected chi connectivity index (χ3v) is 7.36. The Kier molecular flexibility index (Phi) is 6.57. The molecule has 0 spiro atoms. The maximum atomic E-state index is 15.3. The van der Waals surface area contributed by atoms with Gasteiger partial charge in [0, 0.05) is 43.4 Å². The van der Waals surface area contributed by atoms with E-state index in [-0.39, 0.29) is 17.5 Å². The Hall–Kier alpha value is -3.60. The minimum Gasteiger partial charge on any atom is -0.384 e. The van der Waals surface area contributed by atoms with Crippen molar-refractivity contribution in [3.63, 3.8) is 0 Å². The van der Waals surface area contributed by atoms with E-state index in [1.807, 2.05) is 17.0 Å². The molecule has 5 rings (SSSR count). The molecule has 2 heterocycles. The summed E-state index contributed by atoms with van der Waals surface area (Å²) in [7, 11) is 3.68. The number of piperazine rings is 1. The van der Waals surface area contributed by atoms with Crippen LogP contribution in [0.15, 0.2) is 54.6 Å². The lowest BCUT2D eigenvalue weighted by Crippen LogP contribution is -2.47. The van der Waals surface area contributed by atoms with Gasteiger partial charge in [0.05, 0.1) is 12.2 Å². The summed E-state index contributed by atoms with van der Waals surface area (Å²) in [5.74, 6) is -1.14. The molecule has 2 saturated heterocycles. The number of amides is 1. The maximum absolute atomic E-state index is 15.3. The number of carbonyl (C=O) groups is 1. The molecule has 2 aliphatic rings. The number of methoxy groups -OCH3 is 1.